The molecule has 1 aliphatic rings. The molecule has 0 spiro atoms. The first-order valence-corrected chi connectivity index (χ1v) is 11.5. The van der Waals surface area contributed by atoms with Gasteiger partial charge in [-0.2, -0.15) is 4.98 Å². The highest BCUT2D eigenvalue weighted by atomic mass is 35.5. The molecule has 0 radical (unpaired) electrons. The van der Waals surface area contributed by atoms with E-state index in [0.29, 0.717) is 33.6 Å². The number of rotatable bonds is 6. The first-order chi connectivity index (χ1) is 15.3. The molecule has 2 atom stereocenters. The number of hydrogen-bond acceptors (Lipinski definition) is 8. The third kappa shape index (κ3) is 4.24. The Morgan fingerprint density at radius 3 is 2.75 bits per heavy atom. The monoisotopic (exact) mass is 474 g/mol. The topological polar surface area (TPSA) is 113 Å². The van der Waals surface area contributed by atoms with E-state index in [4.69, 9.17) is 16.3 Å². The zero-order valence-electron chi connectivity index (χ0n) is 18.0. The zero-order chi connectivity index (χ0) is 23.0. The quantitative estimate of drug-likeness (QED) is 0.545. The maximum Gasteiger partial charge on any atom is 0.288 e. The molecule has 1 amide bonds. The molecule has 1 aromatic carbocycles. The van der Waals surface area contributed by atoms with E-state index in [1.807, 2.05) is 6.92 Å². The molecule has 2 aromatic heterocycles. The predicted molar refractivity (Wildman–Crippen MR) is 127 cm³/mol. The molecule has 11 heteroatoms. The molecule has 0 saturated carbocycles. The van der Waals surface area contributed by atoms with Gasteiger partial charge in [0.05, 0.1) is 29.7 Å². The van der Waals surface area contributed by atoms with E-state index in [0.717, 1.165) is 5.39 Å². The van der Waals surface area contributed by atoms with Gasteiger partial charge in [0, 0.05) is 22.8 Å². The molecular weight excluding hydrogens is 452 g/mol. The number of halogens is 1. The van der Waals surface area contributed by atoms with E-state index < -0.39 is 6.04 Å². The van der Waals surface area contributed by atoms with Crippen molar-refractivity contribution in [2.75, 3.05) is 23.1 Å². The van der Waals surface area contributed by atoms with Crippen molar-refractivity contribution in [1.29, 1.82) is 0 Å². The highest BCUT2D eigenvalue weighted by molar-refractivity contribution is 8.14. The zero-order valence-corrected chi connectivity index (χ0v) is 19.6. The van der Waals surface area contributed by atoms with Crippen LogP contribution in [0.2, 0.25) is 5.02 Å². The van der Waals surface area contributed by atoms with Crippen LogP contribution in [-0.4, -0.2) is 44.1 Å². The minimum atomic E-state index is -0.413. The van der Waals surface area contributed by atoms with Gasteiger partial charge in [-0.1, -0.05) is 37.2 Å². The van der Waals surface area contributed by atoms with Crippen molar-refractivity contribution < 1.29 is 9.53 Å². The van der Waals surface area contributed by atoms with Crippen molar-refractivity contribution in [1.82, 2.24) is 19.9 Å². The van der Waals surface area contributed by atoms with Crippen LogP contribution in [0.25, 0.3) is 10.9 Å². The van der Waals surface area contributed by atoms with Crippen LogP contribution in [0.15, 0.2) is 29.3 Å². The summed E-state index contributed by atoms with van der Waals surface area (Å²) in [5.41, 5.74) is 0.870. The molecule has 1 fully saturated rings. The van der Waals surface area contributed by atoms with Crippen LogP contribution in [0.4, 0.5) is 16.7 Å². The van der Waals surface area contributed by atoms with Gasteiger partial charge in [0.2, 0.25) is 11.9 Å². The lowest BCUT2D eigenvalue weighted by Gasteiger charge is -2.25. The third-order valence-electron chi connectivity index (χ3n) is 5.41. The van der Waals surface area contributed by atoms with E-state index in [-0.39, 0.29) is 28.7 Å². The van der Waals surface area contributed by atoms with Gasteiger partial charge in [-0.3, -0.25) is 14.5 Å². The number of carbonyl (C=O) groups excluding carboxylic acids is 1. The largest absolute Gasteiger partial charge is 0.495 e. The van der Waals surface area contributed by atoms with Crippen LogP contribution in [0.3, 0.4) is 0 Å². The number of pyridine rings is 1. The number of methoxy groups -OCH3 is 1. The summed E-state index contributed by atoms with van der Waals surface area (Å²) in [7, 11) is 1.52. The number of H-pyrrole nitrogens is 1. The second-order valence-corrected chi connectivity index (χ2v) is 9.24. The van der Waals surface area contributed by atoms with Crippen molar-refractivity contribution in [3.05, 3.63) is 45.5 Å². The van der Waals surface area contributed by atoms with E-state index >= 15 is 0 Å². The predicted octanol–water partition coefficient (Wildman–Crippen LogP) is 4.25. The number of benzene rings is 1. The van der Waals surface area contributed by atoms with Crippen molar-refractivity contribution in [3.63, 3.8) is 0 Å². The Morgan fingerprint density at radius 2 is 2.03 bits per heavy atom. The van der Waals surface area contributed by atoms with Crippen LogP contribution in [-0.2, 0) is 0 Å². The second-order valence-electron chi connectivity index (χ2n) is 7.86. The highest BCUT2D eigenvalue weighted by Crippen LogP contribution is 2.32. The van der Waals surface area contributed by atoms with E-state index in [9.17, 15) is 9.59 Å². The van der Waals surface area contributed by atoms with Gasteiger partial charge in [-0.15, -0.1) is 0 Å². The molecule has 0 aliphatic carbocycles. The third-order valence-corrected chi connectivity index (χ3v) is 6.65. The number of nitrogens with zero attached hydrogens (tertiary/aromatic N) is 4. The fraction of sp³-hybridized carbons (Fsp3) is 0.381. The second kappa shape index (κ2) is 8.95. The van der Waals surface area contributed by atoms with Crippen molar-refractivity contribution in [2.45, 2.75) is 32.9 Å². The van der Waals surface area contributed by atoms with Crippen LogP contribution in [0.1, 0.15) is 32.4 Å². The molecule has 0 bridgehead atoms. The van der Waals surface area contributed by atoms with Crippen molar-refractivity contribution in [3.8, 4) is 5.75 Å². The first kappa shape index (κ1) is 22.3. The van der Waals surface area contributed by atoms with Crippen LogP contribution < -0.4 is 20.5 Å². The standard InChI is InChI=1S/C21H23ClN6O3S/c1-10(2)16-8-32-21(30)28(16)20-24-9-23-19(27-20)25-11(3)13-5-12-6-14(22)17(31-4)7-15(12)26-18(13)29/h5-7,9-11,16H,8H2,1-4H3,(H,26,29)(H,23,24,25,27)/t11-,16+/m0/s1. The molecular formula is C21H23ClN6O3S. The molecule has 3 aromatic rings. The van der Waals surface area contributed by atoms with E-state index in [1.54, 1.807) is 23.1 Å². The number of ether oxygens (including phenoxy) is 1. The lowest BCUT2D eigenvalue weighted by Crippen LogP contribution is -2.38. The Hall–Kier alpha value is -2.85. The fourth-order valence-electron chi connectivity index (χ4n) is 3.60. The number of thioether (sulfide) groups is 1. The molecule has 3 heterocycles. The summed E-state index contributed by atoms with van der Waals surface area (Å²) in [6, 6.07) is 4.81. The van der Waals surface area contributed by atoms with Gasteiger partial charge >= 0.3 is 0 Å². The van der Waals surface area contributed by atoms with Gasteiger partial charge in [-0.05, 0) is 25.0 Å². The Balaban J connectivity index is 1.62. The molecule has 1 saturated heterocycles. The fourth-order valence-corrected chi connectivity index (χ4v) is 5.06. The highest BCUT2D eigenvalue weighted by Gasteiger charge is 2.36. The molecule has 168 valence electrons. The van der Waals surface area contributed by atoms with Crippen molar-refractivity contribution in [2.24, 2.45) is 5.92 Å². The number of aromatic amines is 1. The summed E-state index contributed by atoms with van der Waals surface area (Å²) in [4.78, 5) is 42.4. The molecule has 0 unspecified atom stereocenters. The lowest BCUT2D eigenvalue weighted by atomic mass is 10.1. The number of carbonyl (C=O) groups is 1. The summed E-state index contributed by atoms with van der Waals surface area (Å²) in [6.07, 6.45) is 1.36. The maximum absolute atomic E-state index is 12.7. The average Bonchev–Trinajstić information content (AvgIpc) is 3.15. The number of amides is 1. The molecule has 1 aliphatic heterocycles. The Morgan fingerprint density at radius 1 is 1.25 bits per heavy atom. The summed E-state index contributed by atoms with van der Waals surface area (Å²) in [6.45, 7) is 5.96. The van der Waals surface area contributed by atoms with Crippen LogP contribution in [0, 0.1) is 5.92 Å². The number of aromatic nitrogens is 4. The number of nitrogens with one attached hydrogen (secondary N) is 2. The molecule has 32 heavy (non-hydrogen) atoms. The molecule has 9 nitrogen and oxygen atoms in total. The maximum atomic E-state index is 12.7. The summed E-state index contributed by atoms with van der Waals surface area (Å²) >= 11 is 7.50. The minimum Gasteiger partial charge on any atom is -0.495 e. The van der Waals surface area contributed by atoms with Gasteiger partial charge in [-0.25, -0.2) is 9.97 Å². The first-order valence-electron chi connectivity index (χ1n) is 10.1. The normalized spacial score (nSPS) is 17.2. The SMILES string of the molecule is COc1cc2[nH]c(=O)c([C@H](C)Nc3ncnc(N4C(=O)SC[C@@H]4C(C)C)n3)cc2cc1Cl. The van der Waals surface area contributed by atoms with Crippen LogP contribution in [0.5, 0.6) is 5.75 Å². The van der Waals surface area contributed by atoms with E-state index in [1.165, 1.54) is 25.2 Å². The van der Waals surface area contributed by atoms with Gasteiger partial charge < -0.3 is 15.0 Å². The Labute approximate surface area is 194 Å². The van der Waals surface area contributed by atoms with E-state index in [2.05, 4.69) is 39.1 Å². The number of fused-ring (bicyclic) bond motifs is 1. The Kier molecular flexibility index (Phi) is 6.25. The lowest BCUT2D eigenvalue weighted by molar-refractivity contribution is 0.263. The number of anilines is 2. The average molecular weight is 475 g/mol. The van der Waals surface area contributed by atoms with Gasteiger partial charge in [0.1, 0.15) is 12.1 Å². The van der Waals surface area contributed by atoms with Gasteiger partial charge in [0.25, 0.3) is 10.8 Å². The summed E-state index contributed by atoms with van der Waals surface area (Å²) in [5.74, 6) is 2.03. The van der Waals surface area contributed by atoms with Crippen molar-refractivity contribution >= 4 is 51.4 Å². The summed E-state index contributed by atoms with van der Waals surface area (Å²) < 4.78 is 5.21. The number of hydrogen-bond donors (Lipinski definition) is 2. The molecule has 4 rings (SSSR count). The smallest absolute Gasteiger partial charge is 0.288 e. The van der Waals surface area contributed by atoms with Gasteiger partial charge in [0.15, 0.2) is 0 Å². The summed E-state index contributed by atoms with van der Waals surface area (Å²) in [5, 5.41) is 4.29. The van der Waals surface area contributed by atoms with Crippen LogP contribution >= 0.6 is 23.4 Å². The minimum absolute atomic E-state index is 0.0187. The Bertz CT molecular complexity index is 1230. The molecule has 2 N–H and O–H groups in total.